The third-order valence-electron chi connectivity index (χ3n) is 3.12. The second-order valence-electron chi connectivity index (χ2n) is 5.09. The largest absolute Gasteiger partial charge is 0.496 e. The third kappa shape index (κ3) is 3.47. The quantitative estimate of drug-likeness (QED) is 0.810. The number of para-hydroxylation sites is 1. The predicted octanol–water partition coefficient (Wildman–Crippen LogP) is 1.86. The molecule has 0 saturated carbocycles. The molecule has 0 aromatic heterocycles. The number of carbonyl (C=O) groups excluding carboxylic acids is 1. The number of nitrogens with one attached hydrogen (secondary N) is 1. The highest BCUT2D eigenvalue weighted by Gasteiger charge is 2.25. The maximum Gasteiger partial charge on any atom is 0.224 e. The molecule has 18 heavy (non-hydrogen) atoms. The molecule has 100 valence electrons. The van der Waals surface area contributed by atoms with E-state index < -0.39 is 5.41 Å². The Morgan fingerprint density at radius 2 is 2.06 bits per heavy atom. The molecule has 1 amide bonds. The van der Waals surface area contributed by atoms with Crippen LogP contribution in [0.4, 0.5) is 0 Å². The molecule has 1 atom stereocenters. The Morgan fingerprint density at radius 3 is 2.61 bits per heavy atom. The fraction of sp³-hybridized carbons (Fsp3) is 0.500. The molecule has 1 rings (SSSR count). The molecule has 0 saturated heterocycles. The number of hydrogen-bond donors (Lipinski definition) is 2. The third-order valence-corrected chi connectivity index (χ3v) is 3.12. The van der Waals surface area contributed by atoms with E-state index in [4.69, 9.17) is 10.5 Å². The first-order valence-corrected chi connectivity index (χ1v) is 6.04. The van der Waals surface area contributed by atoms with Crippen molar-refractivity contribution in [3.8, 4) is 5.75 Å². The van der Waals surface area contributed by atoms with Crippen LogP contribution in [0.3, 0.4) is 0 Å². The number of rotatable bonds is 6. The molecule has 0 radical (unpaired) electrons. The Bertz CT molecular complexity index is 416. The monoisotopic (exact) mass is 250 g/mol. The lowest BCUT2D eigenvalue weighted by Crippen LogP contribution is -2.41. The number of ether oxygens (including phenoxy) is 1. The molecular formula is C14H22N2O2. The van der Waals surface area contributed by atoms with Crippen LogP contribution in [0.1, 0.15) is 32.4 Å². The number of primary amides is 1. The van der Waals surface area contributed by atoms with E-state index in [2.05, 4.69) is 5.32 Å². The summed E-state index contributed by atoms with van der Waals surface area (Å²) in [6.45, 7) is 6.23. The van der Waals surface area contributed by atoms with E-state index in [0.717, 1.165) is 11.3 Å². The summed E-state index contributed by atoms with van der Waals surface area (Å²) in [6, 6.07) is 7.93. The van der Waals surface area contributed by atoms with E-state index in [1.54, 1.807) is 7.11 Å². The molecule has 0 aliphatic rings. The smallest absolute Gasteiger partial charge is 0.224 e. The number of amides is 1. The number of carbonyl (C=O) groups is 1. The van der Waals surface area contributed by atoms with Gasteiger partial charge in [0, 0.05) is 18.2 Å². The average molecular weight is 250 g/mol. The highest BCUT2D eigenvalue weighted by molar-refractivity contribution is 5.80. The molecule has 0 heterocycles. The van der Waals surface area contributed by atoms with E-state index in [1.807, 2.05) is 45.0 Å². The molecule has 4 nitrogen and oxygen atoms in total. The van der Waals surface area contributed by atoms with Crippen LogP contribution in [-0.2, 0) is 4.79 Å². The van der Waals surface area contributed by atoms with Crippen LogP contribution in [-0.4, -0.2) is 19.6 Å². The van der Waals surface area contributed by atoms with Crippen molar-refractivity contribution in [3.05, 3.63) is 29.8 Å². The van der Waals surface area contributed by atoms with Crippen molar-refractivity contribution >= 4 is 5.91 Å². The molecule has 3 N–H and O–H groups in total. The maximum absolute atomic E-state index is 11.3. The van der Waals surface area contributed by atoms with Crippen LogP contribution in [0.2, 0.25) is 0 Å². The first-order chi connectivity index (χ1) is 8.38. The summed E-state index contributed by atoms with van der Waals surface area (Å²) < 4.78 is 5.31. The molecule has 0 aliphatic carbocycles. The minimum absolute atomic E-state index is 0.0970. The zero-order valence-electron chi connectivity index (χ0n) is 11.5. The van der Waals surface area contributed by atoms with E-state index in [1.165, 1.54) is 0 Å². The van der Waals surface area contributed by atoms with Crippen LogP contribution in [0, 0.1) is 5.41 Å². The lowest BCUT2D eigenvalue weighted by Gasteiger charge is -2.24. The second kappa shape index (κ2) is 5.87. The lowest BCUT2D eigenvalue weighted by atomic mass is 9.92. The van der Waals surface area contributed by atoms with E-state index in [-0.39, 0.29) is 11.9 Å². The Labute approximate surface area is 109 Å². The summed E-state index contributed by atoms with van der Waals surface area (Å²) in [4.78, 5) is 11.3. The van der Waals surface area contributed by atoms with Gasteiger partial charge in [-0.25, -0.2) is 0 Å². The summed E-state index contributed by atoms with van der Waals surface area (Å²) in [5.74, 6) is 0.539. The first-order valence-electron chi connectivity index (χ1n) is 6.04. The SMILES string of the molecule is COc1ccccc1C(C)NCC(C)(C)C(N)=O. The van der Waals surface area contributed by atoms with Crippen LogP contribution >= 0.6 is 0 Å². The van der Waals surface area contributed by atoms with Gasteiger partial charge in [-0.2, -0.15) is 0 Å². The van der Waals surface area contributed by atoms with Crippen molar-refractivity contribution in [2.75, 3.05) is 13.7 Å². The van der Waals surface area contributed by atoms with Crippen molar-refractivity contribution in [1.29, 1.82) is 0 Å². The van der Waals surface area contributed by atoms with Gasteiger partial charge in [0.25, 0.3) is 0 Å². The number of nitrogens with two attached hydrogens (primary N) is 1. The molecule has 0 aliphatic heterocycles. The molecule has 4 heteroatoms. The minimum Gasteiger partial charge on any atom is -0.496 e. The van der Waals surface area contributed by atoms with Crippen molar-refractivity contribution in [2.24, 2.45) is 11.1 Å². The summed E-state index contributed by atoms with van der Waals surface area (Å²) >= 11 is 0. The maximum atomic E-state index is 11.3. The van der Waals surface area contributed by atoms with Gasteiger partial charge in [-0.05, 0) is 26.8 Å². The first kappa shape index (κ1) is 14.5. The van der Waals surface area contributed by atoms with Crippen LogP contribution < -0.4 is 15.8 Å². The Kier molecular flexibility index (Phi) is 4.73. The molecule has 1 aromatic rings. The lowest BCUT2D eigenvalue weighted by molar-refractivity contribution is -0.125. The molecule has 0 fully saturated rings. The van der Waals surface area contributed by atoms with Gasteiger partial charge in [0.15, 0.2) is 0 Å². The fourth-order valence-electron chi connectivity index (χ4n) is 1.63. The van der Waals surface area contributed by atoms with Gasteiger partial charge >= 0.3 is 0 Å². The fourth-order valence-corrected chi connectivity index (χ4v) is 1.63. The van der Waals surface area contributed by atoms with Crippen molar-refractivity contribution in [3.63, 3.8) is 0 Å². The standard InChI is InChI=1S/C14H22N2O2/c1-10(16-9-14(2,3)13(15)17)11-7-5-6-8-12(11)18-4/h5-8,10,16H,9H2,1-4H3,(H2,15,17). The number of benzene rings is 1. The van der Waals surface area contributed by atoms with E-state index in [9.17, 15) is 4.79 Å². The Morgan fingerprint density at radius 1 is 1.44 bits per heavy atom. The molecule has 1 unspecified atom stereocenters. The summed E-state index contributed by atoms with van der Waals surface area (Å²) in [7, 11) is 1.65. The van der Waals surface area contributed by atoms with E-state index >= 15 is 0 Å². The second-order valence-corrected chi connectivity index (χ2v) is 5.09. The number of methoxy groups -OCH3 is 1. The van der Waals surface area contributed by atoms with Gasteiger partial charge in [-0.3, -0.25) is 4.79 Å². The Balaban J connectivity index is 2.71. The van der Waals surface area contributed by atoms with Crippen molar-refractivity contribution in [2.45, 2.75) is 26.8 Å². The van der Waals surface area contributed by atoms with E-state index in [0.29, 0.717) is 6.54 Å². The highest BCUT2D eigenvalue weighted by Crippen LogP contribution is 2.25. The molecule has 0 bridgehead atoms. The average Bonchev–Trinajstić information content (AvgIpc) is 2.35. The van der Waals surface area contributed by atoms with Crippen LogP contribution in [0.15, 0.2) is 24.3 Å². The molecular weight excluding hydrogens is 228 g/mol. The van der Waals surface area contributed by atoms with Crippen molar-refractivity contribution in [1.82, 2.24) is 5.32 Å². The minimum atomic E-state index is -0.559. The number of hydrogen-bond acceptors (Lipinski definition) is 3. The topological polar surface area (TPSA) is 64.3 Å². The van der Waals surface area contributed by atoms with Gasteiger partial charge in [-0.15, -0.1) is 0 Å². The van der Waals surface area contributed by atoms with Crippen molar-refractivity contribution < 1.29 is 9.53 Å². The van der Waals surface area contributed by atoms with Gasteiger partial charge in [-0.1, -0.05) is 18.2 Å². The Hall–Kier alpha value is -1.55. The molecule has 0 spiro atoms. The van der Waals surface area contributed by atoms with Gasteiger partial charge in [0.1, 0.15) is 5.75 Å². The summed E-state index contributed by atoms with van der Waals surface area (Å²) in [5.41, 5.74) is 5.86. The van der Waals surface area contributed by atoms with Gasteiger partial charge < -0.3 is 15.8 Å². The zero-order chi connectivity index (χ0) is 13.8. The van der Waals surface area contributed by atoms with Gasteiger partial charge in [0.05, 0.1) is 12.5 Å². The summed E-state index contributed by atoms with van der Waals surface area (Å²) in [6.07, 6.45) is 0. The normalized spacial score (nSPS) is 13.1. The van der Waals surface area contributed by atoms with Crippen LogP contribution in [0.5, 0.6) is 5.75 Å². The highest BCUT2D eigenvalue weighted by atomic mass is 16.5. The van der Waals surface area contributed by atoms with Gasteiger partial charge in [0.2, 0.25) is 5.91 Å². The van der Waals surface area contributed by atoms with Crippen LogP contribution in [0.25, 0.3) is 0 Å². The molecule has 1 aromatic carbocycles. The predicted molar refractivity (Wildman–Crippen MR) is 72.4 cm³/mol. The zero-order valence-corrected chi connectivity index (χ0v) is 11.5. The summed E-state index contributed by atoms with van der Waals surface area (Å²) in [5, 5.41) is 3.31.